The largest absolute Gasteiger partial charge is 0.481 e. The molecule has 0 heterocycles. The number of hydrogen-bond donors (Lipinski definition) is 2. The quantitative estimate of drug-likeness (QED) is 0.580. The van der Waals surface area contributed by atoms with Crippen molar-refractivity contribution < 1.29 is 27.3 Å². The molecule has 14 heavy (non-hydrogen) atoms. The second-order valence-corrected chi connectivity index (χ2v) is 3.70. The van der Waals surface area contributed by atoms with Crippen molar-refractivity contribution in [1.29, 1.82) is 0 Å². The predicted molar refractivity (Wildman–Crippen MR) is 45.3 cm³/mol. The molecule has 7 nitrogen and oxygen atoms in total. The number of carbonyl (C=O) groups is 2. The van der Waals surface area contributed by atoms with E-state index >= 15 is 0 Å². The molecule has 0 aromatic carbocycles. The molecule has 8 heteroatoms. The average molecular weight is 225 g/mol. The van der Waals surface area contributed by atoms with E-state index in [4.69, 9.17) is 5.11 Å². The van der Waals surface area contributed by atoms with Crippen LogP contribution in [-0.4, -0.2) is 25.5 Å². The summed E-state index contributed by atoms with van der Waals surface area (Å²) < 4.78 is 24.3. The summed E-state index contributed by atoms with van der Waals surface area (Å²) in [5.74, 6) is -1.94. The molecule has 0 amide bonds. The van der Waals surface area contributed by atoms with Crippen molar-refractivity contribution in [2.75, 3.05) is 0 Å². The minimum absolute atomic E-state index is 0.0668. The van der Waals surface area contributed by atoms with Gasteiger partial charge in [-0.3, -0.25) is 9.59 Å². The maximum atomic E-state index is 10.7. The van der Waals surface area contributed by atoms with Gasteiger partial charge in [-0.1, -0.05) is 0 Å². The normalized spacial score (nSPS) is 10.9. The first-order chi connectivity index (χ1) is 6.31. The van der Waals surface area contributed by atoms with Crippen molar-refractivity contribution in [3.05, 3.63) is 0 Å². The number of aliphatic carboxylic acids is 1. The molecular weight excluding hydrogens is 214 g/mol. The molecule has 0 aromatic heterocycles. The lowest BCUT2D eigenvalue weighted by molar-refractivity contribution is -0.138. The Labute approximate surface area is 81.1 Å². The lowest BCUT2D eigenvalue weighted by atomic mass is 10.2. The Balaban J connectivity index is 3.61. The number of nitrogens with two attached hydrogens (primary N) is 1. The monoisotopic (exact) mass is 225 g/mol. The van der Waals surface area contributed by atoms with Gasteiger partial charge in [0.25, 0.3) is 0 Å². The summed E-state index contributed by atoms with van der Waals surface area (Å²) in [4.78, 5) is 20.7. The van der Waals surface area contributed by atoms with Crippen LogP contribution in [0.4, 0.5) is 0 Å². The molecule has 0 saturated heterocycles. The molecule has 0 bridgehead atoms. The molecule has 0 atom stereocenters. The van der Waals surface area contributed by atoms with E-state index in [2.05, 4.69) is 9.32 Å². The molecule has 0 radical (unpaired) electrons. The van der Waals surface area contributed by atoms with Gasteiger partial charge in [0.05, 0.1) is 0 Å². The SMILES string of the molecule is NS(=O)(=O)OC(=O)CCCCC(=O)O. The summed E-state index contributed by atoms with van der Waals surface area (Å²) in [6, 6.07) is 0. The first-order valence-corrected chi connectivity index (χ1v) is 5.25. The molecule has 3 N–H and O–H groups in total. The van der Waals surface area contributed by atoms with Gasteiger partial charge in [-0.2, -0.15) is 13.6 Å². The van der Waals surface area contributed by atoms with Crippen LogP contribution in [0.15, 0.2) is 0 Å². The molecule has 0 saturated carbocycles. The van der Waals surface area contributed by atoms with Gasteiger partial charge in [-0.05, 0) is 12.8 Å². The van der Waals surface area contributed by atoms with E-state index < -0.39 is 22.2 Å². The second kappa shape index (κ2) is 5.55. The maximum Gasteiger partial charge on any atom is 0.382 e. The fourth-order valence-electron chi connectivity index (χ4n) is 0.717. The Kier molecular flexibility index (Phi) is 5.10. The Morgan fingerprint density at radius 1 is 1.21 bits per heavy atom. The van der Waals surface area contributed by atoms with Gasteiger partial charge >= 0.3 is 22.2 Å². The summed E-state index contributed by atoms with van der Waals surface area (Å²) >= 11 is 0. The molecule has 0 rings (SSSR count). The van der Waals surface area contributed by atoms with Gasteiger partial charge in [-0.25, -0.2) is 0 Å². The molecule has 0 aliphatic rings. The number of carboxylic acids is 1. The molecule has 0 unspecified atom stereocenters. The van der Waals surface area contributed by atoms with E-state index in [9.17, 15) is 18.0 Å². The van der Waals surface area contributed by atoms with Crippen molar-refractivity contribution in [1.82, 2.24) is 0 Å². The summed E-state index contributed by atoms with van der Waals surface area (Å²) in [6.07, 6.45) is 0.308. The number of carbonyl (C=O) groups excluding carboxylic acids is 1. The van der Waals surface area contributed by atoms with Gasteiger partial charge in [0, 0.05) is 12.8 Å². The lowest BCUT2D eigenvalue weighted by Gasteiger charge is -1.99. The zero-order valence-electron chi connectivity index (χ0n) is 7.30. The zero-order valence-corrected chi connectivity index (χ0v) is 8.12. The fraction of sp³-hybridized carbons (Fsp3) is 0.667. The number of hydrogen-bond acceptors (Lipinski definition) is 5. The highest BCUT2D eigenvalue weighted by molar-refractivity contribution is 7.84. The molecular formula is C6H11NO6S. The molecule has 0 spiro atoms. The molecule has 0 fully saturated rings. The summed E-state index contributed by atoms with van der Waals surface area (Å²) in [7, 11) is -4.24. The van der Waals surface area contributed by atoms with Crippen molar-refractivity contribution >= 4 is 22.2 Å². The summed E-state index contributed by atoms with van der Waals surface area (Å²) in [5.41, 5.74) is 0. The lowest BCUT2D eigenvalue weighted by Crippen LogP contribution is -2.20. The van der Waals surface area contributed by atoms with Crippen molar-refractivity contribution in [3.63, 3.8) is 0 Å². The van der Waals surface area contributed by atoms with Crippen LogP contribution >= 0.6 is 0 Å². The van der Waals surface area contributed by atoms with E-state index in [1.807, 2.05) is 0 Å². The Bertz CT molecular complexity index is 308. The van der Waals surface area contributed by atoms with Crippen LogP contribution in [0.2, 0.25) is 0 Å². The highest BCUT2D eigenvalue weighted by Crippen LogP contribution is 2.02. The van der Waals surface area contributed by atoms with E-state index in [1.54, 1.807) is 0 Å². The van der Waals surface area contributed by atoms with E-state index in [0.29, 0.717) is 0 Å². The first kappa shape index (κ1) is 12.8. The Morgan fingerprint density at radius 2 is 1.71 bits per heavy atom. The van der Waals surface area contributed by atoms with Crippen LogP contribution in [0.25, 0.3) is 0 Å². The van der Waals surface area contributed by atoms with Crippen molar-refractivity contribution in [3.8, 4) is 0 Å². The van der Waals surface area contributed by atoms with E-state index in [-0.39, 0.29) is 25.7 Å². The number of unbranched alkanes of at least 4 members (excludes halogenated alkanes) is 1. The minimum atomic E-state index is -4.24. The third kappa shape index (κ3) is 8.94. The second-order valence-electron chi connectivity index (χ2n) is 2.55. The first-order valence-electron chi connectivity index (χ1n) is 3.78. The van der Waals surface area contributed by atoms with Crippen LogP contribution in [0.1, 0.15) is 25.7 Å². The van der Waals surface area contributed by atoms with Crippen LogP contribution in [-0.2, 0) is 24.1 Å². The fourth-order valence-corrected chi connectivity index (χ4v) is 1.06. The van der Waals surface area contributed by atoms with Gasteiger partial charge in [0.15, 0.2) is 0 Å². The maximum absolute atomic E-state index is 10.7. The van der Waals surface area contributed by atoms with Gasteiger partial charge < -0.3 is 9.29 Å². The molecule has 0 aromatic rings. The highest BCUT2D eigenvalue weighted by atomic mass is 32.2. The summed E-state index contributed by atoms with van der Waals surface area (Å²) in [5, 5.41) is 12.7. The Hall–Kier alpha value is -1.15. The van der Waals surface area contributed by atoms with Crippen LogP contribution in [0.5, 0.6) is 0 Å². The topological polar surface area (TPSA) is 124 Å². The van der Waals surface area contributed by atoms with Crippen LogP contribution in [0.3, 0.4) is 0 Å². The predicted octanol–water partition coefficient (Wildman–Crippen LogP) is -0.622. The van der Waals surface area contributed by atoms with E-state index in [0.717, 1.165) is 0 Å². The van der Waals surface area contributed by atoms with Gasteiger partial charge in [0.2, 0.25) is 0 Å². The zero-order chi connectivity index (χ0) is 11.2. The third-order valence-corrected chi connectivity index (χ3v) is 1.65. The van der Waals surface area contributed by atoms with Crippen molar-refractivity contribution in [2.45, 2.75) is 25.7 Å². The number of carboxylic acid groups (broad SMARTS) is 1. The average Bonchev–Trinajstić information content (AvgIpc) is 1.94. The minimum Gasteiger partial charge on any atom is -0.481 e. The number of rotatable bonds is 6. The highest BCUT2D eigenvalue weighted by Gasteiger charge is 2.10. The molecule has 0 aliphatic carbocycles. The molecule has 0 aliphatic heterocycles. The smallest absolute Gasteiger partial charge is 0.382 e. The van der Waals surface area contributed by atoms with Crippen LogP contribution in [0, 0.1) is 0 Å². The van der Waals surface area contributed by atoms with E-state index in [1.165, 1.54) is 0 Å². The standard InChI is InChI=1S/C6H11NO6S/c7-14(11,12)13-6(10)4-2-1-3-5(8)9/h1-4H2,(H,8,9)(H2,7,11,12). The Morgan fingerprint density at radius 3 is 2.14 bits per heavy atom. The van der Waals surface area contributed by atoms with Crippen LogP contribution < -0.4 is 5.14 Å². The van der Waals surface area contributed by atoms with Crippen molar-refractivity contribution in [2.24, 2.45) is 5.14 Å². The summed E-state index contributed by atoms with van der Waals surface area (Å²) in [6.45, 7) is 0. The van der Waals surface area contributed by atoms with Gasteiger partial charge in [-0.15, -0.1) is 0 Å². The molecule has 82 valence electrons. The van der Waals surface area contributed by atoms with Gasteiger partial charge in [0.1, 0.15) is 0 Å². The third-order valence-electron chi connectivity index (χ3n) is 1.23.